The summed E-state index contributed by atoms with van der Waals surface area (Å²) >= 11 is 0. The van der Waals surface area contributed by atoms with E-state index in [-0.39, 0.29) is 0 Å². The summed E-state index contributed by atoms with van der Waals surface area (Å²) < 4.78 is 1.90. The largest absolute Gasteiger partial charge is 0.398 e. The van der Waals surface area contributed by atoms with E-state index < -0.39 is 6.23 Å². The van der Waals surface area contributed by atoms with Crippen LogP contribution in [0, 0.1) is 0 Å². The summed E-state index contributed by atoms with van der Waals surface area (Å²) in [7, 11) is 0. The first kappa shape index (κ1) is 10.4. The lowest BCUT2D eigenvalue weighted by Gasteiger charge is -2.23. The van der Waals surface area contributed by atoms with Crippen molar-refractivity contribution in [1.82, 2.24) is 9.55 Å². The summed E-state index contributed by atoms with van der Waals surface area (Å²) in [5.74, 6) is 0.769. The molecule has 2 heterocycles. The average Bonchev–Trinajstić information content (AvgIpc) is 2.75. The Morgan fingerprint density at radius 1 is 1.35 bits per heavy atom. The highest BCUT2D eigenvalue weighted by molar-refractivity contribution is 5.71. The van der Waals surface area contributed by atoms with E-state index in [2.05, 4.69) is 4.98 Å². The van der Waals surface area contributed by atoms with Crippen LogP contribution in [-0.4, -0.2) is 14.7 Å². The summed E-state index contributed by atoms with van der Waals surface area (Å²) in [4.78, 5) is 4.40. The molecule has 88 valence electrons. The minimum Gasteiger partial charge on any atom is -0.398 e. The number of anilines is 1. The zero-order valence-corrected chi connectivity index (χ0v) is 9.50. The zero-order chi connectivity index (χ0) is 11.8. The summed E-state index contributed by atoms with van der Waals surface area (Å²) in [6, 6.07) is 7.62. The van der Waals surface area contributed by atoms with E-state index in [1.807, 2.05) is 35.0 Å². The molecular formula is C13H15N3O. The lowest BCUT2D eigenvalue weighted by atomic mass is 10.1. The van der Waals surface area contributed by atoms with Gasteiger partial charge in [0.15, 0.2) is 0 Å². The van der Waals surface area contributed by atoms with Crippen LogP contribution in [0.1, 0.15) is 24.8 Å². The second kappa shape index (κ2) is 3.89. The Balaban J connectivity index is 2.17. The third-order valence-electron chi connectivity index (χ3n) is 3.27. The lowest BCUT2D eigenvalue weighted by molar-refractivity contribution is 0.0807. The molecule has 4 nitrogen and oxygen atoms in total. The summed E-state index contributed by atoms with van der Waals surface area (Å²) in [5, 5.41) is 10.1. The van der Waals surface area contributed by atoms with Gasteiger partial charge in [0, 0.05) is 23.1 Å². The number of benzene rings is 1. The molecular weight excluding hydrogens is 214 g/mol. The van der Waals surface area contributed by atoms with Crippen molar-refractivity contribution < 1.29 is 5.11 Å². The number of hydrogen-bond donors (Lipinski definition) is 2. The van der Waals surface area contributed by atoms with Crippen LogP contribution in [0.15, 0.2) is 30.5 Å². The van der Waals surface area contributed by atoms with Gasteiger partial charge in [-0.3, -0.25) is 0 Å². The summed E-state index contributed by atoms with van der Waals surface area (Å²) in [5.41, 5.74) is 8.62. The molecule has 2 aromatic rings. The third-order valence-corrected chi connectivity index (χ3v) is 3.27. The predicted octanol–water partition coefficient (Wildman–Crippen LogP) is 1.96. The number of rotatable bonds is 1. The monoisotopic (exact) mass is 229 g/mol. The minimum absolute atomic E-state index is 0.476. The predicted molar refractivity (Wildman–Crippen MR) is 66.3 cm³/mol. The number of aliphatic hydroxyl groups is 1. The quantitative estimate of drug-likeness (QED) is 0.735. The standard InChI is InChI=1S/C13H15N3O/c14-11-6-2-1-5-10(11)13-15-8-9-4-3-7-12(17)16(9)13/h1-2,5-6,8,12,17H,3-4,7,14H2. The molecule has 3 rings (SSSR count). The van der Waals surface area contributed by atoms with E-state index in [9.17, 15) is 5.11 Å². The van der Waals surface area contributed by atoms with Gasteiger partial charge in [0.2, 0.25) is 0 Å². The molecule has 1 aromatic heterocycles. The Morgan fingerprint density at radius 2 is 2.18 bits per heavy atom. The summed E-state index contributed by atoms with van der Waals surface area (Å²) in [6.45, 7) is 0. The highest BCUT2D eigenvalue weighted by atomic mass is 16.3. The molecule has 0 radical (unpaired) electrons. The topological polar surface area (TPSA) is 64.1 Å². The van der Waals surface area contributed by atoms with Crippen LogP contribution in [0.2, 0.25) is 0 Å². The van der Waals surface area contributed by atoms with Crippen molar-refractivity contribution in [3.8, 4) is 11.4 Å². The molecule has 0 saturated carbocycles. The SMILES string of the molecule is Nc1ccccc1-c1ncc2n1C(O)CCC2. The Labute approximate surface area is 99.7 Å². The molecule has 0 fully saturated rings. The average molecular weight is 229 g/mol. The zero-order valence-electron chi connectivity index (χ0n) is 9.50. The van der Waals surface area contributed by atoms with E-state index in [1.54, 1.807) is 0 Å². The highest BCUT2D eigenvalue weighted by Crippen LogP contribution is 2.32. The van der Waals surface area contributed by atoms with Gasteiger partial charge >= 0.3 is 0 Å². The molecule has 1 aliphatic heterocycles. The van der Waals surface area contributed by atoms with Crippen molar-refractivity contribution in [1.29, 1.82) is 0 Å². The van der Waals surface area contributed by atoms with Gasteiger partial charge in [-0.2, -0.15) is 0 Å². The molecule has 17 heavy (non-hydrogen) atoms. The van der Waals surface area contributed by atoms with Crippen molar-refractivity contribution in [2.24, 2.45) is 0 Å². The number of aryl methyl sites for hydroxylation is 1. The Morgan fingerprint density at radius 3 is 3.00 bits per heavy atom. The van der Waals surface area contributed by atoms with Gasteiger partial charge in [-0.25, -0.2) is 4.98 Å². The molecule has 0 amide bonds. The number of aliphatic hydroxyl groups excluding tert-OH is 1. The number of hydrogen-bond acceptors (Lipinski definition) is 3. The molecule has 1 aromatic carbocycles. The van der Waals surface area contributed by atoms with Crippen LogP contribution in [0.4, 0.5) is 5.69 Å². The molecule has 0 aliphatic carbocycles. The third kappa shape index (κ3) is 1.61. The Kier molecular flexibility index (Phi) is 2.37. The normalized spacial score (nSPS) is 19.0. The van der Waals surface area contributed by atoms with Crippen LogP contribution in [0.25, 0.3) is 11.4 Å². The van der Waals surface area contributed by atoms with Gasteiger partial charge < -0.3 is 15.4 Å². The van der Waals surface area contributed by atoms with Crippen LogP contribution >= 0.6 is 0 Å². The first-order valence-electron chi connectivity index (χ1n) is 5.86. The van der Waals surface area contributed by atoms with Crippen LogP contribution in [-0.2, 0) is 6.42 Å². The van der Waals surface area contributed by atoms with Crippen LogP contribution in [0.3, 0.4) is 0 Å². The van der Waals surface area contributed by atoms with Crippen LogP contribution in [0.5, 0.6) is 0 Å². The van der Waals surface area contributed by atoms with E-state index in [0.29, 0.717) is 5.69 Å². The lowest BCUT2D eigenvalue weighted by Crippen LogP contribution is -2.17. The first-order chi connectivity index (χ1) is 8.27. The van der Waals surface area contributed by atoms with Crippen molar-refractivity contribution in [3.63, 3.8) is 0 Å². The number of aromatic nitrogens is 2. The fraction of sp³-hybridized carbons (Fsp3) is 0.308. The molecule has 0 spiro atoms. The van der Waals surface area contributed by atoms with Gasteiger partial charge in [0.1, 0.15) is 12.1 Å². The van der Waals surface area contributed by atoms with E-state index >= 15 is 0 Å². The van der Waals surface area contributed by atoms with Crippen LogP contribution < -0.4 is 5.73 Å². The van der Waals surface area contributed by atoms with Crippen molar-refractivity contribution in [3.05, 3.63) is 36.2 Å². The second-order valence-electron chi connectivity index (χ2n) is 4.40. The first-order valence-corrected chi connectivity index (χ1v) is 5.86. The smallest absolute Gasteiger partial charge is 0.144 e. The van der Waals surface area contributed by atoms with Gasteiger partial charge in [-0.15, -0.1) is 0 Å². The minimum atomic E-state index is -0.476. The Hall–Kier alpha value is -1.81. The highest BCUT2D eigenvalue weighted by Gasteiger charge is 2.22. The maximum atomic E-state index is 10.1. The number of fused-ring (bicyclic) bond motifs is 1. The van der Waals surface area contributed by atoms with Gasteiger partial charge in [-0.05, 0) is 31.4 Å². The number of para-hydroxylation sites is 1. The van der Waals surface area contributed by atoms with E-state index in [4.69, 9.17) is 5.73 Å². The van der Waals surface area contributed by atoms with Gasteiger partial charge in [0.25, 0.3) is 0 Å². The molecule has 0 saturated heterocycles. The molecule has 3 N–H and O–H groups in total. The Bertz CT molecular complexity index is 547. The number of nitrogens with zero attached hydrogens (tertiary/aromatic N) is 2. The fourth-order valence-corrected chi connectivity index (χ4v) is 2.41. The molecule has 1 aliphatic rings. The maximum absolute atomic E-state index is 10.1. The van der Waals surface area contributed by atoms with E-state index in [0.717, 1.165) is 36.3 Å². The summed E-state index contributed by atoms with van der Waals surface area (Å²) in [6.07, 6.45) is 4.12. The van der Waals surface area contributed by atoms with Crippen molar-refractivity contribution in [2.45, 2.75) is 25.5 Å². The van der Waals surface area contributed by atoms with E-state index in [1.165, 1.54) is 0 Å². The fourth-order valence-electron chi connectivity index (χ4n) is 2.41. The van der Waals surface area contributed by atoms with Gasteiger partial charge in [-0.1, -0.05) is 12.1 Å². The molecule has 0 bridgehead atoms. The maximum Gasteiger partial charge on any atom is 0.144 e. The molecule has 1 unspecified atom stereocenters. The molecule has 4 heteroatoms. The second-order valence-corrected chi connectivity index (χ2v) is 4.40. The van der Waals surface area contributed by atoms with Crippen molar-refractivity contribution >= 4 is 5.69 Å². The number of nitrogen functional groups attached to an aromatic ring is 1. The molecule has 1 atom stereocenters. The van der Waals surface area contributed by atoms with Gasteiger partial charge in [0.05, 0.1) is 0 Å². The number of imidazole rings is 1. The van der Waals surface area contributed by atoms with Crippen molar-refractivity contribution in [2.75, 3.05) is 5.73 Å². The number of nitrogens with two attached hydrogens (primary N) is 1.